The normalized spacial score (nSPS) is 26.0. The zero-order chi connectivity index (χ0) is 15.2. The van der Waals surface area contributed by atoms with Gasteiger partial charge in [0.15, 0.2) is 0 Å². The fourth-order valence-electron chi connectivity index (χ4n) is 3.01. The maximum Gasteiger partial charge on any atom is 0.0543 e. The fraction of sp³-hybridized carbons (Fsp3) is 0.647. The second-order valence-electron chi connectivity index (χ2n) is 5.88. The van der Waals surface area contributed by atoms with Crippen molar-refractivity contribution in [1.29, 1.82) is 0 Å². The van der Waals surface area contributed by atoms with Gasteiger partial charge in [0.1, 0.15) is 0 Å². The predicted molar refractivity (Wildman–Crippen MR) is 95.8 cm³/mol. The quantitative estimate of drug-likeness (QED) is 0.675. The Bertz CT molecular complexity index is 452. The summed E-state index contributed by atoms with van der Waals surface area (Å²) in [4.78, 5) is 1.12. The smallest absolute Gasteiger partial charge is 0.0543 e. The van der Waals surface area contributed by atoms with Gasteiger partial charge in [-0.2, -0.15) is 0 Å². The van der Waals surface area contributed by atoms with E-state index in [0.29, 0.717) is 11.3 Å². The van der Waals surface area contributed by atoms with Gasteiger partial charge in [-0.3, -0.25) is 0 Å². The summed E-state index contributed by atoms with van der Waals surface area (Å²) in [6, 6.07) is 6.35. The molecule has 2 rings (SSSR count). The minimum Gasteiger partial charge on any atom is -0.313 e. The van der Waals surface area contributed by atoms with Gasteiger partial charge in [-0.25, -0.2) is 0 Å². The van der Waals surface area contributed by atoms with E-state index in [1.54, 1.807) is 0 Å². The molecule has 1 aromatic carbocycles. The molecule has 1 N–H and O–H groups in total. The molecule has 21 heavy (non-hydrogen) atoms. The Morgan fingerprint density at radius 1 is 1.24 bits per heavy atom. The van der Waals surface area contributed by atoms with Crippen molar-refractivity contribution in [3.8, 4) is 0 Å². The molecule has 1 saturated carbocycles. The molecule has 0 amide bonds. The lowest BCUT2D eigenvalue weighted by atomic mass is 9.84. The summed E-state index contributed by atoms with van der Waals surface area (Å²) in [5, 5.41) is 5.90. The number of hydrogen-bond acceptors (Lipinski definition) is 2. The van der Waals surface area contributed by atoms with E-state index in [4.69, 9.17) is 23.2 Å². The second-order valence-corrected chi connectivity index (χ2v) is 8.00. The fourth-order valence-corrected chi connectivity index (χ4v) is 4.96. The lowest BCUT2D eigenvalue weighted by Crippen LogP contribution is -2.42. The molecule has 1 nitrogen and oxygen atoms in total. The molecule has 0 aliphatic heterocycles. The summed E-state index contributed by atoms with van der Waals surface area (Å²) in [5.41, 5.74) is 0. The predicted octanol–water partition coefficient (Wildman–Crippen LogP) is 6.03. The molecule has 1 aliphatic rings. The van der Waals surface area contributed by atoms with Crippen LogP contribution in [0.4, 0.5) is 0 Å². The second kappa shape index (κ2) is 8.67. The van der Waals surface area contributed by atoms with Crippen LogP contribution < -0.4 is 5.32 Å². The molecule has 0 spiro atoms. The average molecular weight is 346 g/mol. The number of halogens is 2. The number of benzene rings is 1. The molecule has 1 aromatic rings. The van der Waals surface area contributed by atoms with Crippen molar-refractivity contribution in [3.05, 3.63) is 28.2 Å². The Hall–Kier alpha value is 0.110. The molecule has 118 valence electrons. The van der Waals surface area contributed by atoms with Gasteiger partial charge in [-0.05, 0) is 56.3 Å². The zero-order valence-electron chi connectivity index (χ0n) is 12.9. The third kappa shape index (κ3) is 5.06. The Balaban J connectivity index is 2.09. The van der Waals surface area contributed by atoms with Crippen molar-refractivity contribution >= 4 is 35.0 Å². The van der Waals surface area contributed by atoms with Gasteiger partial charge >= 0.3 is 0 Å². The maximum absolute atomic E-state index is 6.34. The third-order valence-electron chi connectivity index (χ3n) is 4.31. The third-order valence-corrected chi connectivity index (χ3v) is 6.40. The number of thioether (sulfide) groups is 1. The topological polar surface area (TPSA) is 12.0 Å². The molecule has 4 heteroatoms. The van der Waals surface area contributed by atoms with Crippen molar-refractivity contribution in [1.82, 2.24) is 5.32 Å². The summed E-state index contributed by atoms with van der Waals surface area (Å²) in [6.45, 7) is 5.63. The Kier molecular flexibility index (Phi) is 7.21. The van der Waals surface area contributed by atoms with Gasteiger partial charge in [0.05, 0.1) is 5.02 Å². The van der Waals surface area contributed by atoms with Crippen LogP contribution in [0.5, 0.6) is 0 Å². The molecule has 1 fully saturated rings. The van der Waals surface area contributed by atoms with Crippen molar-refractivity contribution in [2.24, 2.45) is 5.92 Å². The highest BCUT2D eigenvalue weighted by Crippen LogP contribution is 2.40. The average Bonchev–Trinajstić information content (AvgIpc) is 2.49. The van der Waals surface area contributed by atoms with Crippen LogP contribution in [-0.2, 0) is 0 Å². The summed E-state index contributed by atoms with van der Waals surface area (Å²) in [5.74, 6) is 0.847. The van der Waals surface area contributed by atoms with E-state index in [2.05, 4.69) is 19.2 Å². The first-order valence-corrected chi connectivity index (χ1v) is 9.62. The van der Waals surface area contributed by atoms with Crippen LogP contribution >= 0.6 is 35.0 Å². The highest BCUT2D eigenvalue weighted by Gasteiger charge is 2.30. The monoisotopic (exact) mass is 345 g/mol. The van der Waals surface area contributed by atoms with Gasteiger partial charge in [0.25, 0.3) is 0 Å². The van der Waals surface area contributed by atoms with E-state index < -0.39 is 0 Å². The van der Waals surface area contributed by atoms with Crippen LogP contribution in [0.25, 0.3) is 0 Å². The van der Waals surface area contributed by atoms with Crippen LogP contribution in [-0.4, -0.2) is 17.8 Å². The maximum atomic E-state index is 6.34. The van der Waals surface area contributed by atoms with Crippen molar-refractivity contribution in [2.75, 3.05) is 6.54 Å². The zero-order valence-corrected chi connectivity index (χ0v) is 15.2. The van der Waals surface area contributed by atoms with E-state index in [1.165, 1.54) is 32.1 Å². The molecule has 1 aliphatic carbocycles. The molecular weight excluding hydrogens is 321 g/mol. The van der Waals surface area contributed by atoms with E-state index >= 15 is 0 Å². The summed E-state index contributed by atoms with van der Waals surface area (Å²) >= 11 is 14.4. The van der Waals surface area contributed by atoms with E-state index in [0.717, 1.165) is 27.4 Å². The molecule has 0 bridgehead atoms. The molecule has 0 heterocycles. The number of hydrogen-bond donors (Lipinski definition) is 1. The first-order valence-electron chi connectivity index (χ1n) is 7.99. The minimum atomic E-state index is 0.589. The van der Waals surface area contributed by atoms with Crippen LogP contribution in [0.1, 0.15) is 46.0 Å². The largest absolute Gasteiger partial charge is 0.313 e. The molecule has 0 radical (unpaired) electrons. The van der Waals surface area contributed by atoms with E-state index in [9.17, 15) is 0 Å². The summed E-state index contributed by atoms with van der Waals surface area (Å²) < 4.78 is 0. The van der Waals surface area contributed by atoms with Crippen molar-refractivity contribution in [3.63, 3.8) is 0 Å². The Morgan fingerprint density at radius 2 is 2.05 bits per heavy atom. The lowest BCUT2D eigenvalue weighted by Gasteiger charge is -2.36. The van der Waals surface area contributed by atoms with Gasteiger partial charge in [-0.1, -0.05) is 43.5 Å². The highest BCUT2D eigenvalue weighted by atomic mass is 35.5. The number of nitrogens with one attached hydrogen (secondary N) is 1. The van der Waals surface area contributed by atoms with Crippen LogP contribution in [0.2, 0.25) is 10.0 Å². The van der Waals surface area contributed by atoms with Gasteiger partial charge < -0.3 is 5.32 Å². The van der Waals surface area contributed by atoms with Crippen LogP contribution in [0.3, 0.4) is 0 Å². The van der Waals surface area contributed by atoms with Gasteiger partial charge in [0.2, 0.25) is 0 Å². The van der Waals surface area contributed by atoms with Crippen LogP contribution in [0, 0.1) is 5.92 Å². The first kappa shape index (κ1) is 17.5. The molecular formula is C17H25Cl2NS. The minimum absolute atomic E-state index is 0.589. The van der Waals surface area contributed by atoms with Crippen LogP contribution in [0.15, 0.2) is 23.1 Å². The molecule has 0 saturated heterocycles. The SMILES string of the molecule is CCCNC1CCC(CC)CC1Sc1cc(Cl)ccc1Cl. The van der Waals surface area contributed by atoms with Crippen molar-refractivity contribution < 1.29 is 0 Å². The first-order chi connectivity index (χ1) is 10.1. The Morgan fingerprint density at radius 3 is 2.76 bits per heavy atom. The van der Waals surface area contributed by atoms with Crippen molar-refractivity contribution in [2.45, 2.75) is 62.1 Å². The Labute approximate surface area is 143 Å². The molecule has 0 aromatic heterocycles. The molecule has 3 unspecified atom stereocenters. The standard InChI is InChI=1S/C17H25Cl2NS/c1-3-9-20-15-8-5-12(4-2)10-17(15)21-16-11-13(18)6-7-14(16)19/h6-7,11-12,15,17,20H,3-5,8-10H2,1-2H3. The van der Waals surface area contributed by atoms with E-state index in [-0.39, 0.29) is 0 Å². The summed E-state index contributed by atoms with van der Waals surface area (Å²) in [7, 11) is 0. The summed E-state index contributed by atoms with van der Waals surface area (Å²) in [6.07, 6.45) is 6.35. The van der Waals surface area contributed by atoms with Gasteiger partial charge in [0, 0.05) is 21.2 Å². The molecule has 3 atom stereocenters. The van der Waals surface area contributed by atoms with Gasteiger partial charge in [-0.15, -0.1) is 11.8 Å². The van der Waals surface area contributed by atoms with E-state index in [1.807, 2.05) is 30.0 Å². The number of rotatable bonds is 6. The lowest BCUT2D eigenvalue weighted by molar-refractivity contribution is 0.295. The highest BCUT2D eigenvalue weighted by molar-refractivity contribution is 8.00.